The van der Waals surface area contributed by atoms with Gasteiger partial charge in [0.05, 0.1) is 5.70 Å². The summed E-state index contributed by atoms with van der Waals surface area (Å²) in [6.45, 7) is 14.1. The van der Waals surface area contributed by atoms with Gasteiger partial charge >= 0.3 is 0 Å². The lowest BCUT2D eigenvalue weighted by atomic mass is 9.99. The third-order valence-corrected chi connectivity index (χ3v) is 5.30. The molecule has 0 aliphatic heterocycles. The molecule has 0 saturated heterocycles. The van der Waals surface area contributed by atoms with Gasteiger partial charge in [0.25, 0.3) is 6.43 Å². The molecule has 0 aliphatic carbocycles. The fraction of sp³-hybridized carbons (Fsp3) is 0.462. The lowest BCUT2D eigenvalue weighted by Crippen LogP contribution is -2.01. The molecule has 0 bridgehead atoms. The molecule has 1 aromatic carbocycles. The van der Waals surface area contributed by atoms with Crippen LogP contribution in [-0.4, -0.2) is 10.7 Å². The Bertz CT molecular complexity index is 920. The highest BCUT2D eigenvalue weighted by Gasteiger charge is 2.14. The number of aliphatic imine (C=N–C) groups is 1. The maximum Gasteiger partial charge on any atom is 0.264 e. The zero-order chi connectivity index (χ0) is 22.4. The third-order valence-electron chi connectivity index (χ3n) is 5.30. The van der Waals surface area contributed by atoms with Gasteiger partial charge in [-0.05, 0) is 88.3 Å². The van der Waals surface area contributed by atoms with Gasteiger partial charge < -0.3 is 0 Å². The first-order valence-electron chi connectivity index (χ1n) is 10.7. The number of aromatic nitrogens is 1. The monoisotopic (exact) mass is 412 g/mol. The highest BCUT2D eigenvalue weighted by atomic mass is 19.3. The molecule has 0 N–H and O–H groups in total. The van der Waals surface area contributed by atoms with E-state index in [0.29, 0.717) is 11.5 Å². The van der Waals surface area contributed by atoms with Crippen molar-refractivity contribution >= 4 is 11.4 Å². The molecule has 30 heavy (non-hydrogen) atoms. The van der Waals surface area contributed by atoms with Crippen molar-refractivity contribution in [2.75, 3.05) is 0 Å². The van der Waals surface area contributed by atoms with Crippen molar-refractivity contribution in [1.82, 2.24) is 4.98 Å². The molecule has 2 aromatic rings. The van der Waals surface area contributed by atoms with E-state index in [1.165, 1.54) is 5.57 Å². The average Bonchev–Trinajstić information content (AvgIpc) is 2.64. The standard InChI is InChI=1S/C26H34F2N2/c1-16(2)9-8-10-18(4)25(23-13-19(5)29-20(6)14-23)30-21(7)22-12-11-17(3)24(15-22)26(27)28/h11-16,26H,8-10H2,1-7H3/b25-18+,30-21+. The van der Waals surface area contributed by atoms with E-state index in [1.54, 1.807) is 19.1 Å². The fourth-order valence-corrected chi connectivity index (χ4v) is 3.60. The van der Waals surface area contributed by atoms with E-state index in [4.69, 9.17) is 4.99 Å². The number of halogens is 2. The summed E-state index contributed by atoms with van der Waals surface area (Å²) in [5.74, 6) is 0.664. The summed E-state index contributed by atoms with van der Waals surface area (Å²) in [5.41, 5.74) is 7.18. The molecule has 0 amide bonds. The van der Waals surface area contributed by atoms with Crippen LogP contribution in [-0.2, 0) is 0 Å². The van der Waals surface area contributed by atoms with Gasteiger partial charge in [0, 0.05) is 28.2 Å². The molecule has 0 fully saturated rings. The smallest absolute Gasteiger partial charge is 0.258 e. The second-order valence-corrected chi connectivity index (χ2v) is 8.62. The molecule has 0 unspecified atom stereocenters. The van der Waals surface area contributed by atoms with Gasteiger partial charge in [-0.25, -0.2) is 8.78 Å². The van der Waals surface area contributed by atoms with Crippen LogP contribution in [0.5, 0.6) is 0 Å². The topological polar surface area (TPSA) is 25.2 Å². The molecule has 0 spiro atoms. The second kappa shape index (κ2) is 10.6. The fourth-order valence-electron chi connectivity index (χ4n) is 3.60. The van der Waals surface area contributed by atoms with Gasteiger partial charge in [0.2, 0.25) is 0 Å². The number of rotatable bonds is 8. The predicted octanol–water partition coefficient (Wildman–Crippen LogP) is 8.01. The van der Waals surface area contributed by atoms with E-state index >= 15 is 0 Å². The van der Waals surface area contributed by atoms with Crippen LogP contribution in [0.25, 0.3) is 5.70 Å². The number of pyridine rings is 1. The molecular formula is C26H34F2N2. The first-order valence-corrected chi connectivity index (χ1v) is 10.7. The Balaban J connectivity index is 2.52. The van der Waals surface area contributed by atoms with Crippen molar-refractivity contribution in [3.05, 3.63) is 69.5 Å². The minimum absolute atomic E-state index is 0.0665. The second-order valence-electron chi connectivity index (χ2n) is 8.62. The number of benzene rings is 1. The SMILES string of the molecule is C/C(=N\C(=C(/C)CCCC(C)C)c1cc(C)nc(C)c1)c1ccc(C)c(C(F)F)c1. The maximum atomic E-state index is 13.4. The van der Waals surface area contributed by atoms with Crippen LogP contribution in [0.4, 0.5) is 8.78 Å². The Morgan fingerprint density at radius 3 is 2.17 bits per heavy atom. The molecule has 0 atom stereocenters. The zero-order valence-electron chi connectivity index (χ0n) is 19.3. The molecule has 0 radical (unpaired) electrons. The summed E-state index contributed by atoms with van der Waals surface area (Å²) in [4.78, 5) is 9.44. The average molecular weight is 413 g/mol. The summed E-state index contributed by atoms with van der Waals surface area (Å²) in [5, 5.41) is 0. The Hall–Kier alpha value is -2.36. The van der Waals surface area contributed by atoms with E-state index < -0.39 is 6.43 Å². The molecule has 0 aliphatic rings. The van der Waals surface area contributed by atoms with Crippen LogP contribution in [0.1, 0.15) is 87.0 Å². The molecular weight excluding hydrogens is 378 g/mol. The van der Waals surface area contributed by atoms with Crippen molar-refractivity contribution in [2.45, 2.75) is 74.2 Å². The number of aryl methyl sites for hydroxylation is 3. The highest BCUT2D eigenvalue weighted by Crippen LogP contribution is 2.28. The van der Waals surface area contributed by atoms with E-state index in [1.807, 2.05) is 39.0 Å². The first-order chi connectivity index (χ1) is 14.1. The van der Waals surface area contributed by atoms with Crippen molar-refractivity contribution < 1.29 is 8.78 Å². The van der Waals surface area contributed by atoms with Crippen LogP contribution in [0.15, 0.2) is 40.9 Å². The van der Waals surface area contributed by atoms with E-state index in [2.05, 4.69) is 25.8 Å². The number of nitrogens with zero attached hydrogens (tertiary/aromatic N) is 2. The zero-order valence-corrected chi connectivity index (χ0v) is 19.3. The molecule has 4 heteroatoms. The number of hydrogen-bond acceptors (Lipinski definition) is 2. The molecule has 162 valence electrons. The Morgan fingerprint density at radius 1 is 0.967 bits per heavy atom. The van der Waals surface area contributed by atoms with Gasteiger partial charge in [0.1, 0.15) is 0 Å². The minimum atomic E-state index is -2.49. The Morgan fingerprint density at radius 2 is 1.60 bits per heavy atom. The number of hydrogen-bond donors (Lipinski definition) is 0. The lowest BCUT2D eigenvalue weighted by molar-refractivity contribution is 0.150. The van der Waals surface area contributed by atoms with Crippen LogP contribution < -0.4 is 0 Å². The van der Waals surface area contributed by atoms with Gasteiger partial charge in [-0.1, -0.05) is 32.4 Å². The van der Waals surface area contributed by atoms with Gasteiger partial charge in [0.15, 0.2) is 0 Å². The summed E-state index contributed by atoms with van der Waals surface area (Å²) >= 11 is 0. The number of alkyl halides is 2. The minimum Gasteiger partial charge on any atom is -0.258 e. The number of allylic oxidation sites excluding steroid dienone is 1. The largest absolute Gasteiger partial charge is 0.264 e. The molecule has 1 aromatic heterocycles. The summed E-state index contributed by atoms with van der Waals surface area (Å²) in [7, 11) is 0. The Labute approximate surface area is 180 Å². The van der Waals surface area contributed by atoms with Crippen molar-refractivity contribution in [2.24, 2.45) is 10.9 Å². The van der Waals surface area contributed by atoms with Crippen LogP contribution in [0.2, 0.25) is 0 Å². The molecule has 2 rings (SSSR count). The predicted molar refractivity (Wildman–Crippen MR) is 123 cm³/mol. The van der Waals surface area contributed by atoms with E-state index in [-0.39, 0.29) is 5.56 Å². The van der Waals surface area contributed by atoms with E-state index in [9.17, 15) is 8.78 Å². The summed E-state index contributed by atoms with van der Waals surface area (Å²) in [6, 6.07) is 9.27. The van der Waals surface area contributed by atoms with Crippen LogP contribution >= 0.6 is 0 Å². The summed E-state index contributed by atoms with van der Waals surface area (Å²) in [6.07, 6.45) is 0.735. The quantitative estimate of drug-likeness (QED) is 0.403. The first kappa shape index (κ1) is 23.9. The van der Waals surface area contributed by atoms with Crippen molar-refractivity contribution in [3.63, 3.8) is 0 Å². The van der Waals surface area contributed by atoms with Gasteiger partial charge in [-0.2, -0.15) is 0 Å². The Kier molecular flexibility index (Phi) is 8.45. The molecule has 2 nitrogen and oxygen atoms in total. The van der Waals surface area contributed by atoms with Gasteiger partial charge in [-0.3, -0.25) is 9.98 Å². The normalized spacial score (nSPS) is 13.2. The van der Waals surface area contributed by atoms with Gasteiger partial charge in [-0.15, -0.1) is 0 Å². The molecule has 1 heterocycles. The third kappa shape index (κ3) is 6.58. The van der Waals surface area contributed by atoms with Crippen LogP contribution in [0, 0.1) is 26.7 Å². The van der Waals surface area contributed by atoms with Crippen LogP contribution in [0.3, 0.4) is 0 Å². The highest BCUT2D eigenvalue weighted by molar-refractivity contribution is 6.02. The summed E-state index contributed by atoms with van der Waals surface area (Å²) < 4.78 is 26.7. The molecule has 0 saturated carbocycles. The van der Waals surface area contributed by atoms with Crippen molar-refractivity contribution in [3.8, 4) is 0 Å². The van der Waals surface area contributed by atoms with E-state index in [0.717, 1.165) is 53.2 Å². The maximum absolute atomic E-state index is 13.4. The lowest BCUT2D eigenvalue weighted by Gasteiger charge is -2.14. The van der Waals surface area contributed by atoms with Crippen molar-refractivity contribution in [1.29, 1.82) is 0 Å².